The smallest absolute Gasteiger partial charge is 0.230 e. The van der Waals surface area contributed by atoms with E-state index < -0.39 is 0 Å². The van der Waals surface area contributed by atoms with Crippen LogP contribution in [0.4, 0.5) is 11.4 Å². The van der Waals surface area contributed by atoms with Gasteiger partial charge < -0.3 is 5.32 Å². The van der Waals surface area contributed by atoms with Gasteiger partial charge in [-0.25, -0.2) is 0 Å². The van der Waals surface area contributed by atoms with E-state index in [2.05, 4.69) is 29.7 Å². The third-order valence-electron chi connectivity index (χ3n) is 3.36. The average molecular weight is 295 g/mol. The van der Waals surface area contributed by atoms with E-state index >= 15 is 0 Å². The van der Waals surface area contributed by atoms with Gasteiger partial charge in [-0.05, 0) is 56.2 Å². The average Bonchev–Trinajstić information content (AvgIpc) is 2.49. The lowest BCUT2D eigenvalue weighted by atomic mass is 10.1. The highest BCUT2D eigenvalue weighted by atomic mass is 16.1. The van der Waals surface area contributed by atoms with Gasteiger partial charge in [-0.15, -0.1) is 0 Å². The second-order valence-electron chi connectivity index (χ2n) is 5.35. The van der Waals surface area contributed by atoms with Crippen molar-refractivity contribution in [2.24, 2.45) is 5.10 Å². The maximum absolute atomic E-state index is 11.9. The van der Waals surface area contributed by atoms with Crippen molar-refractivity contribution >= 4 is 23.0 Å². The van der Waals surface area contributed by atoms with E-state index in [0.29, 0.717) is 0 Å². The van der Waals surface area contributed by atoms with Crippen molar-refractivity contribution in [3.63, 3.8) is 0 Å². The number of para-hydroxylation sites is 1. The van der Waals surface area contributed by atoms with Crippen LogP contribution < -0.4 is 10.7 Å². The van der Waals surface area contributed by atoms with Crippen molar-refractivity contribution in [2.45, 2.75) is 27.2 Å². The highest BCUT2D eigenvalue weighted by Crippen LogP contribution is 2.14. The predicted octanol–water partition coefficient (Wildman–Crippen LogP) is 4.12. The molecule has 0 saturated carbocycles. The van der Waals surface area contributed by atoms with Crippen LogP contribution in [0.2, 0.25) is 0 Å². The fourth-order valence-corrected chi connectivity index (χ4v) is 1.97. The fourth-order valence-electron chi connectivity index (χ4n) is 1.97. The van der Waals surface area contributed by atoms with Gasteiger partial charge in [0.25, 0.3) is 0 Å². The van der Waals surface area contributed by atoms with Gasteiger partial charge in [0.1, 0.15) is 0 Å². The Hall–Kier alpha value is -2.62. The van der Waals surface area contributed by atoms with Crippen LogP contribution in [0.25, 0.3) is 0 Å². The molecule has 1 amide bonds. The Kier molecular flexibility index (Phi) is 5.31. The van der Waals surface area contributed by atoms with Crippen LogP contribution in [0.5, 0.6) is 0 Å². The number of carbonyl (C=O) groups excluding carboxylic acids is 1. The van der Waals surface area contributed by atoms with Crippen LogP contribution in [0.3, 0.4) is 0 Å². The van der Waals surface area contributed by atoms with Crippen LogP contribution in [-0.4, -0.2) is 11.6 Å². The van der Waals surface area contributed by atoms with Gasteiger partial charge in [-0.1, -0.05) is 24.3 Å². The van der Waals surface area contributed by atoms with Crippen molar-refractivity contribution in [1.29, 1.82) is 0 Å². The molecular formula is C18H21N3O. The van der Waals surface area contributed by atoms with Crippen LogP contribution in [-0.2, 0) is 4.79 Å². The summed E-state index contributed by atoms with van der Waals surface area (Å²) in [5.41, 5.74) is 7.89. The van der Waals surface area contributed by atoms with Crippen molar-refractivity contribution in [3.05, 3.63) is 59.7 Å². The largest absolute Gasteiger partial charge is 0.326 e. The standard InChI is InChI=1S/C18H21N3O/c1-13-9-10-17(11-14(13)2)21-20-15(3)12-18(22)19-16-7-5-4-6-8-16/h4-11,21H,12H2,1-3H3,(H,19,22)/b20-15+. The number of hydrazone groups is 1. The number of nitrogens with one attached hydrogen (secondary N) is 2. The Morgan fingerprint density at radius 3 is 2.41 bits per heavy atom. The van der Waals surface area contributed by atoms with Crippen LogP contribution in [0.1, 0.15) is 24.5 Å². The first-order valence-corrected chi connectivity index (χ1v) is 7.26. The second kappa shape index (κ2) is 7.41. The minimum Gasteiger partial charge on any atom is -0.326 e. The molecule has 2 N–H and O–H groups in total. The lowest BCUT2D eigenvalue weighted by molar-refractivity contribution is -0.115. The highest BCUT2D eigenvalue weighted by molar-refractivity contribution is 6.05. The van der Waals surface area contributed by atoms with Crippen molar-refractivity contribution < 1.29 is 4.79 Å². The van der Waals surface area contributed by atoms with E-state index in [9.17, 15) is 4.79 Å². The Labute approximate surface area is 131 Å². The molecule has 0 aliphatic heterocycles. The summed E-state index contributed by atoms with van der Waals surface area (Å²) in [5.74, 6) is -0.0747. The van der Waals surface area contributed by atoms with E-state index in [-0.39, 0.29) is 12.3 Å². The number of anilines is 2. The molecule has 4 heteroatoms. The normalized spacial score (nSPS) is 11.1. The number of aryl methyl sites for hydroxylation is 2. The molecule has 0 aliphatic rings. The molecule has 2 aromatic rings. The first-order chi connectivity index (χ1) is 10.5. The summed E-state index contributed by atoms with van der Waals surface area (Å²) in [6.45, 7) is 5.96. The number of hydrogen-bond acceptors (Lipinski definition) is 3. The summed E-state index contributed by atoms with van der Waals surface area (Å²) in [7, 11) is 0. The number of carbonyl (C=O) groups is 1. The minimum absolute atomic E-state index is 0.0747. The molecule has 0 aliphatic carbocycles. The van der Waals surface area contributed by atoms with E-state index in [1.807, 2.05) is 55.5 Å². The Balaban J connectivity index is 1.89. The van der Waals surface area contributed by atoms with Crippen molar-refractivity contribution in [3.8, 4) is 0 Å². The zero-order chi connectivity index (χ0) is 15.9. The molecular weight excluding hydrogens is 274 g/mol. The molecule has 0 saturated heterocycles. The van der Waals surface area contributed by atoms with Gasteiger partial charge >= 0.3 is 0 Å². The first kappa shape index (κ1) is 15.8. The van der Waals surface area contributed by atoms with Gasteiger partial charge in [0.2, 0.25) is 5.91 Å². The van der Waals surface area contributed by atoms with Gasteiger partial charge in [-0.3, -0.25) is 10.2 Å². The maximum atomic E-state index is 11.9. The molecule has 2 rings (SSSR count). The van der Waals surface area contributed by atoms with E-state index in [1.54, 1.807) is 0 Å². The zero-order valence-electron chi connectivity index (χ0n) is 13.2. The summed E-state index contributed by atoms with van der Waals surface area (Å²) >= 11 is 0. The summed E-state index contributed by atoms with van der Waals surface area (Å²) in [5, 5.41) is 7.09. The van der Waals surface area contributed by atoms with Crippen LogP contribution in [0.15, 0.2) is 53.6 Å². The molecule has 114 valence electrons. The predicted molar refractivity (Wildman–Crippen MR) is 92.3 cm³/mol. The number of rotatable bonds is 5. The molecule has 0 bridgehead atoms. The van der Waals surface area contributed by atoms with E-state index in [4.69, 9.17) is 0 Å². The Bertz CT molecular complexity index is 678. The number of benzene rings is 2. The lowest BCUT2D eigenvalue weighted by Crippen LogP contribution is -2.15. The number of hydrogen-bond donors (Lipinski definition) is 2. The van der Waals surface area contributed by atoms with Gasteiger partial charge in [0.05, 0.1) is 12.1 Å². The molecule has 2 aromatic carbocycles. The Morgan fingerprint density at radius 1 is 1.00 bits per heavy atom. The first-order valence-electron chi connectivity index (χ1n) is 7.26. The third kappa shape index (κ3) is 4.74. The highest BCUT2D eigenvalue weighted by Gasteiger charge is 2.04. The van der Waals surface area contributed by atoms with E-state index in [0.717, 1.165) is 17.1 Å². The number of nitrogens with zero attached hydrogens (tertiary/aromatic N) is 1. The van der Waals surface area contributed by atoms with Gasteiger partial charge in [-0.2, -0.15) is 5.10 Å². The fraction of sp³-hybridized carbons (Fsp3) is 0.222. The SMILES string of the molecule is C/C(CC(=O)Nc1ccccc1)=N\Nc1ccc(C)c(C)c1. The van der Waals surface area contributed by atoms with Crippen LogP contribution in [0, 0.1) is 13.8 Å². The summed E-state index contributed by atoms with van der Waals surface area (Å²) < 4.78 is 0. The maximum Gasteiger partial charge on any atom is 0.230 e. The zero-order valence-corrected chi connectivity index (χ0v) is 13.2. The monoisotopic (exact) mass is 295 g/mol. The molecule has 0 fully saturated rings. The molecule has 0 unspecified atom stereocenters. The van der Waals surface area contributed by atoms with Gasteiger partial charge in [0.15, 0.2) is 0 Å². The summed E-state index contributed by atoms with van der Waals surface area (Å²) in [4.78, 5) is 11.9. The molecule has 0 spiro atoms. The third-order valence-corrected chi connectivity index (χ3v) is 3.36. The molecule has 0 heterocycles. The molecule has 4 nitrogen and oxygen atoms in total. The number of amides is 1. The molecule has 22 heavy (non-hydrogen) atoms. The molecule has 0 radical (unpaired) electrons. The quantitative estimate of drug-likeness (QED) is 0.644. The summed E-state index contributed by atoms with van der Waals surface area (Å²) in [6, 6.07) is 15.5. The van der Waals surface area contributed by atoms with Crippen LogP contribution >= 0.6 is 0 Å². The topological polar surface area (TPSA) is 53.5 Å². The van der Waals surface area contributed by atoms with Gasteiger partial charge in [0, 0.05) is 11.4 Å². The summed E-state index contributed by atoms with van der Waals surface area (Å²) in [6.07, 6.45) is 0.257. The van der Waals surface area contributed by atoms with Crippen molar-refractivity contribution in [1.82, 2.24) is 0 Å². The Morgan fingerprint density at radius 2 is 1.73 bits per heavy atom. The molecule has 0 aromatic heterocycles. The van der Waals surface area contributed by atoms with E-state index in [1.165, 1.54) is 11.1 Å². The van der Waals surface area contributed by atoms with Crippen molar-refractivity contribution in [2.75, 3.05) is 10.7 Å². The second-order valence-corrected chi connectivity index (χ2v) is 5.35. The minimum atomic E-state index is -0.0747. The molecule has 0 atom stereocenters. The lowest BCUT2D eigenvalue weighted by Gasteiger charge is -2.07.